The quantitative estimate of drug-likeness (QED) is 0.805. The Hall–Kier alpha value is -1.47. The topological polar surface area (TPSA) is 75.3 Å². The molecule has 0 saturated carbocycles. The third kappa shape index (κ3) is 5.09. The Labute approximate surface area is 125 Å². The molecule has 0 heterocycles. The van der Waals surface area contributed by atoms with Crippen molar-refractivity contribution in [2.45, 2.75) is 50.6 Å². The summed E-state index contributed by atoms with van der Waals surface area (Å²) in [5.74, 6) is -0.881. The Bertz CT molecular complexity index is 572. The van der Waals surface area contributed by atoms with E-state index in [4.69, 9.17) is 0 Å². The van der Waals surface area contributed by atoms with Gasteiger partial charge in [-0.1, -0.05) is 13.8 Å². The summed E-state index contributed by atoms with van der Waals surface area (Å²) in [5, 5.41) is 2.74. The van der Waals surface area contributed by atoms with Crippen LogP contribution in [0.15, 0.2) is 29.2 Å². The second-order valence-corrected chi connectivity index (χ2v) is 6.57. The van der Waals surface area contributed by atoms with Crippen LogP contribution >= 0.6 is 0 Å². The lowest BCUT2D eigenvalue weighted by Crippen LogP contribution is -2.48. The lowest BCUT2D eigenvalue weighted by Gasteiger charge is -2.19. The molecule has 2 N–H and O–H groups in total. The standard InChI is InChI=1S/C14H21FN2O3S/c1-4-10(3)16-14(18)13(5-2)17-21(19,20)12-8-6-11(15)7-9-12/h6-10,13,17H,4-5H2,1-3H3,(H,16,18). The molecule has 1 amide bonds. The van der Waals surface area contributed by atoms with Crippen LogP contribution in [0.3, 0.4) is 0 Å². The van der Waals surface area contributed by atoms with E-state index in [0.717, 1.165) is 30.7 Å². The molecule has 0 aliphatic carbocycles. The number of sulfonamides is 1. The highest BCUT2D eigenvalue weighted by molar-refractivity contribution is 7.89. The molecule has 0 fully saturated rings. The van der Waals surface area contributed by atoms with Crippen LogP contribution in [0.5, 0.6) is 0 Å². The van der Waals surface area contributed by atoms with Crippen LogP contribution in [0.4, 0.5) is 4.39 Å². The minimum atomic E-state index is -3.85. The van der Waals surface area contributed by atoms with Gasteiger partial charge in [-0.2, -0.15) is 4.72 Å². The molecule has 7 heteroatoms. The van der Waals surface area contributed by atoms with E-state index in [1.165, 1.54) is 0 Å². The smallest absolute Gasteiger partial charge is 0.241 e. The SMILES string of the molecule is CCC(C)NC(=O)C(CC)NS(=O)(=O)c1ccc(F)cc1. The van der Waals surface area contributed by atoms with Gasteiger partial charge in [-0.3, -0.25) is 4.79 Å². The zero-order valence-corrected chi connectivity index (χ0v) is 13.2. The number of hydrogen-bond donors (Lipinski definition) is 2. The van der Waals surface area contributed by atoms with Gasteiger partial charge in [0, 0.05) is 6.04 Å². The predicted octanol–water partition coefficient (Wildman–Crippen LogP) is 1.80. The minimum Gasteiger partial charge on any atom is -0.352 e. The monoisotopic (exact) mass is 316 g/mol. The van der Waals surface area contributed by atoms with E-state index in [2.05, 4.69) is 10.0 Å². The first-order chi connectivity index (χ1) is 9.80. The molecule has 1 aromatic carbocycles. The second-order valence-electron chi connectivity index (χ2n) is 4.85. The Morgan fingerprint density at radius 3 is 2.24 bits per heavy atom. The van der Waals surface area contributed by atoms with Gasteiger partial charge in [-0.15, -0.1) is 0 Å². The number of nitrogens with one attached hydrogen (secondary N) is 2. The van der Waals surface area contributed by atoms with Crippen molar-refractivity contribution in [3.05, 3.63) is 30.1 Å². The van der Waals surface area contributed by atoms with Gasteiger partial charge in [-0.25, -0.2) is 12.8 Å². The molecule has 0 aliphatic heterocycles. The highest BCUT2D eigenvalue weighted by atomic mass is 32.2. The van der Waals surface area contributed by atoms with Gasteiger partial charge >= 0.3 is 0 Å². The Morgan fingerprint density at radius 2 is 1.76 bits per heavy atom. The number of halogens is 1. The van der Waals surface area contributed by atoms with E-state index < -0.39 is 21.9 Å². The average molecular weight is 316 g/mol. The number of rotatable bonds is 7. The maximum absolute atomic E-state index is 12.8. The summed E-state index contributed by atoms with van der Waals surface area (Å²) in [5.41, 5.74) is 0. The first-order valence-electron chi connectivity index (χ1n) is 6.88. The third-order valence-corrected chi connectivity index (χ3v) is 4.63. The summed E-state index contributed by atoms with van der Waals surface area (Å²) in [6.07, 6.45) is 1.08. The Balaban J connectivity index is 2.84. The van der Waals surface area contributed by atoms with E-state index in [9.17, 15) is 17.6 Å². The summed E-state index contributed by atoms with van der Waals surface area (Å²) in [6.45, 7) is 5.49. The van der Waals surface area contributed by atoms with Crippen molar-refractivity contribution in [1.82, 2.24) is 10.0 Å². The molecule has 0 aromatic heterocycles. The zero-order chi connectivity index (χ0) is 16.0. The van der Waals surface area contributed by atoms with E-state index >= 15 is 0 Å². The molecule has 5 nitrogen and oxygen atoms in total. The molecular weight excluding hydrogens is 295 g/mol. The molecule has 2 atom stereocenters. The van der Waals surface area contributed by atoms with Gasteiger partial charge in [0.15, 0.2) is 0 Å². The maximum atomic E-state index is 12.8. The molecule has 21 heavy (non-hydrogen) atoms. The van der Waals surface area contributed by atoms with Crippen LogP contribution in [-0.2, 0) is 14.8 Å². The van der Waals surface area contributed by atoms with Gasteiger partial charge in [0.1, 0.15) is 11.9 Å². The summed E-state index contributed by atoms with van der Waals surface area (Å²) < 4.78 is 39.5. The van der Waals surface area contributed by atoms with Crippen molar-refractivity contribution in [2.24, 2.45) is 0 Å². The van der Waals surface area contributed by atoms with Crippen LogP contribution in [0, 0.1) is 5.82 Å². The summed E-state index contributed by atoms with van der Waals surface area (Å²) in [7, 11) is -3.85. The molecular formula is C14H21FN2O3S. The molecule has 1 rings (SSSR count). The van der Waals surface area contributed by atoms with Crippen molar-refractivity contribution in [3.8, 4) is 0 Å². The predicted molar refractivity (Wildman–Crippen MR) is 78.7 cm³/mol. The van der Waals surface area contributed by atoms with E-state index in [1.807, 2.05) is 13.8 Å². The summed E-state index contributed by atoms with van der Waals surface area (Å²) in [4.78, 5) is 11.9. The molecule has 0 radical (unpaired) electrons. The minimum absolute atomic E-state index is 0.0260. The Kier molecular flexibility index (Phi) is 6.29. The van der Waals surface area contributed by atoms with Crippen molar-refractivity contribution < 1.29 is 17.6 Å². The number of hydrogen-bond acceptors (Lipinski definition) is 3. The zero-order valence-electron chi connectivity index (χ0n) is 12.4. The Morgan fingerprint density at radius 1 is 1.19 bits per heavy atom. The third-order valence-electron chi connectivity index (χ3n) is 3.15. The van der Waals surface area contributed by atoms with Gasteiger partial charge in [0.05, 0.1) is 4.90 Å². The average Bonchev–Trinajstić information content (AvgIpc) is 2.44. The van der Waals surface area contributed by atoms with Crippen molar-refractivity contribution in [2.75, 3.05) is 0 Å². The number of carbonyl (C=O) groups is 1. The van der Waals surface area contributed by atoms with Gasteiger partial charge in [-0.05, 0) is 44.0 Å². The molecule has 0 aliphatic rings. The second kappa shape index (κ2) is 7.51. The number of carbonyl (C=O) groups excluding carboxylic acids is 1. The van der Waals surface area contributed by atoms with Crippen LogP contribution in [0.1, 0.15) is 33.6 Å². The molecule has 0 saturated heterocycles. The van der Waals surface area contributed by atoms with Crippen LogP contribution < -0.4 is 10.0 Å². The number of amides is 1. The maximum Gasteiger partial charge on any atom is 0.241 e. The van der Waals surface area contributed by atoms with Crippen LogP contribution in [0.25, 0.3) is 0 Å². The molecule has 1 aromatic rings. The normalized spacial score (nSPS) is 14.5. The lowest BCUT2D eigenvalue weighted by atomic mass is 10.2. The van der Waals surface area contributed by atoms with Crippen LogP contribution in [0.2, 0.25) is 0 Å². The summed E-state index contributed by atoms with van der Waals surface area (Å²) >= 11 is 0. The first-order valence-corrected chi connectivity index (χ1v) is 8.36. The van der Waals surface area contributed by atoms with Crippen molar-refractivity contribution in [3.63, 3.8) is 0 Å². The van der Waals surface area contributed by atoms with E-state index in [0.29, 0.717) is 6.42 Å². The van der Waals surface area contributed by atoms with Gasteiger partial charge in [0.25, 0.3) is 0 Å². The molecule has 0 bridgehead atoms. The fourth-order valence-electron chi connectivity index (χ4n) is 1.64. The van der Waals surface area contributed by atoms with Gasteiger partial charge in [0.2, 0.25) is 15.9 Å². The molecule has 2 unspecified atom stereocenters. The number of benzene rings is 1. The van der Waals surface area contributed by atoms with E-state index in [-0.39, 0.29) is 16.8 Å². The first kappa shape index (κ1) is 17.6. The fourth-order valence-corrected chi connectivity index (χ4v) is 2.92. The van der Waals surface area contributed by atoms with Crippen LogP contribution in [-0.4, -0.2) is 26.4 Å². The summed E-state index contributed by atoms with van der Waals surface area (Å²) in [6, 6.07) is 3.58. The highest BCUT2D eigenvalue weighted by Crippen LogP contribution is 2.11. The van der Waals surface area contributed by atoms with Crippen molar-refractivity contribution in [1.29, 1.82) is 0 Å². The lowest BCUT2D eigenvalue weighted by molar-refractivity contribution is -0.123. The van der Waals surface area contributed by atoms with Crippen molar-refractivity contribution >= 4 is 15.9 Å². The molecule has 118 valence electrons. The fraction of sp³-hybridized carbons (Fsp3) is 0.500. The highest BCUT2D eigenvalue weighted by Gasteiger charge is 2.24. The van der Waals surface area contributed by atoms with E-state index in [1.54, 1.807) is 6.92 Å². The van der Waals surface area contributed by atoms with Gasteiger partial charge < -0.3 is 5.32 Å². The largest absolute Gasteiger partial charge is 0.352 e. The molecule has 0 spiro atoms.